The van der Waals surface area contributed by atoms with Gasteiger partial charge in [-0.05, 0) is 54.8 Å². The van der Waals surface area contributed by atoms with Gasteiger partial charge in [0, 0.05) is 56.4 Å². The number of carbonyl (C=O) groups excluding carboxylic acids is 4. The number of rotatable bonds is 13. The number of nitrogens with two attached hydrogens (primary N) is 3. The third kappa shape index (κ3) is 9.24. The summed E-state index contributed by atoms with van der Waals surface area (Å²) in [4.78, 5) is 60.2. The highest BCUT2D eigenvalue weighted by molar-refractivity contribution is 6.00. The maximum absolute atomic E-state index is 13.6. The van der Waals surface area contributed by atoms with Gasteiger partial charge in [-0.3, -0.25) is 24.2 Å². The first-order chi connectivity index (χ1) is 22.4. The predicted octanol–water partition coefficient (Wildman–Crippen LogP) is 1.37. The maximum atomic E-state index is 13.6. The molecule has 0 unspecified atom stereocenters. The highest BCUT2D eigenvalue weighted by Gasteiger charge is 2.38. The smallest absolute Gasteiger partial charge is 0.342 e. The van der Waals surface area contributed by atoms with Crippen LogP contribution in [0.1, 0.15) is 30.4 Å². The second kappa shape index (κ2) is 15.8. The predicted molar refractivity (Wildman–Crippen MR) is 169 cm³/mol. The Hall–Kier alpha value is -4.60. The molecule has 47 heavy (non-hydrogen) atoms. The molecule has 0 saturated carbocycles. The van der Waals surface area contributed by atoms with Crippen molar-refractivity contribution in [1.82, 2.24) is 20.1 Å². The highest BCUT2D eigenvalue weighted by atomic mass is 19.4. The Kier molecular flexibility index (Phi) is 11.9. The van der Waals surface area contributed by atoms with Gasteiger partial charge in [0.2, 0.25) is 23.6 Å². The molecule has 4 rings (SSSR count). The molecule has 2 heterocycles. The first-order valence-corrected chi connectivity index (χ1v) is 15.3. The standard InChI is InChI=1S/C32H39F3N8O4/c33-32(34,35)22-7-5-20(6-8-22)17-26(29(45)40-23-9-10-25-21(18-23)3-1-13-39-25)41-30(46)27-4-2-14-43(27)31(47)24(38)19-28(44)42(15-11-36)16-12-37/h1,3,5-10,13,18,24,26-27H,2,4,11-12,14-17,19,36-38H2,(H,40,45)(H,41,46)/t24-,26-,27-/m0/s1. The summed E-state index contributed by atoms with van der Waals surface area (Å²) in [7, 11) is 0. The van der Waals surface area contributed by atoms with Gasteiger partial charge >= 0.3 is 6.18 Å². The van der Waals surface area contributed by atoms with E-state index in [1.165, 1.54) is 21.9 Å². The topological polar surface area (TPSA) is 190 Å². The lowest BCUT2D eigenvalue weighted by Crippen LogP contribution is -2.55. The van der Waals surface area contributed by atoms with Crippen molar-refractivity contribution in [3.05, 3.63) is 71.9 Å². The number of likely N-dealkylation sites (tertiary alicyclic amines) is 1. The molecular weight excluding hydrogens is 617 g/mol. The van der Waals surface area contributed by atoms with Crippen molar-refractivity contribution in [2.45, 2.75) is 50.0 Å². The average Bonchev–Trinajstić information content (AvgIpc) is 3.54. The summed E-state index contributed by atoms with van der Waals surface area (Å²) >= 11 is 0. The highest BCUT2D eigenvalue weighted by Crippen LogP contribution is 2.29. The first-order valence-electron chi connectivity index (χ1n) is 15.3. The van der Waals surface area contributed by atoms with Gasteiger partial charge < -0.3 is 37.6 Å². The van der Waals surface area contributed by atoms with Gasteiger partial charge in [-0.25, -0.2) is 0 Å². The molecule has 1 saturated heterocycles. The van der Waals surface area contributed by atoms with Crippen LogP contribution in [-0.2, 0) is 31.8 Å². The van der Waals surface area contributed by atoms with E-state index in [1.807, 2.05) is 6.07 Å². The van der Waals surface area contributed by atoms with Crippen LogP contribution in [0.25, 0.3) is 10.9 Å². The normalized spacial score (nSPS) is 16.0. The van der Waals surface area contributed by atoms with Crippen LogP contribution < -0.4 is 27.8 Å². The molecule has 1 aliphatic heterocycles. The molecule has 3 atom stereocenters. The van der Waals surface area contributed by atoms with E-state index in [2.05, 4.69) is 15.6 Å². The van der Waals surface area contributed by atoms with Gasteiger partial charge in [0.15, 0.2) is 0 Å². The Morgan fingerprint density at radius 3 is 2.38 bits per heavy atom. The van der Waals surface area contributed by atoms with Crippen LogP contribution in [0.5, 0.6) is 0 Å². The summed E-state index contributed by atoms with van der Waals surface area (Å²) in [6, 6.07) is 9.54. The Morgan fingerprint density at radius 1 is 1.02 bits per heavy atom. The zero-order chi connectivity index (χ0) is 34.1. The third-order valence-corrected chi connectivity index (χ3v) is 7.93. The lowest BCUT2D eigenvalue weighted by molar-refractivity contribution is -0.142. The minimum Gasteiger partial charge on any atom is -0.342 e. The van der Waals surface area contributed by atoms with Crippen LogP contribution in [0, 0.1) is 0 Å². The van der Waals surface area contributed by atoms with Crippen molar-refractivity contribution in [3.63, 3.8) is 0 Å². The molecule has 12 nitrogen and oxygen atoms in total. The Labute approximate surface area is 269 Å². The molecule has 8 N–H and O–H groups in total. The number of fused-ring (bicyclic) bond motifs is 1. The van der Waals surface area contributed by atoms with E-state index >= 15 is 0 Å². The van der Waals surface area contributed by atoms with E-state index in [9.17, 15) is 32.3 Å². The van der Waals surface area contributed by atoms with Gasteiger partial charge in [0.05, 0.1) is 23.5 Å². The van der Waals surface area contributed by atoms with E-state index in [4.69, 9.17) is 17.2 Å². The van der Waals surface area contributed by atoms with Gasteiger partial charge in [0.25, 0.3) is 0 Å². The molecule has 0 spiro atoms. The van der Waals surface area contributed by atoms with Crippen molar-refractivity contribution in [2.24, 2.45) is 17.2 Å². The molecule has 3 aromatic rings. The summed E-state index contributed by atoms with van der Waals surface area (Å²) in [5.41, 5.74) is 17.9. The lowest BCUT2D eigenvalue weighted by atomic mass is 10.0. The fourth-order valence-electron chi connectivity index (χ4n) is 5.52. The molecule has 1 aliphatic rings. The molecule has 0 bridgehead atoms. The largest absolute Gasteiger partial charge is 0.416 e. The summed E-state index contributed by atoms with van der Waals surface area (Å²) in [6.07, 6.45) is -2.56. The number of anilines is 1. The van der Waals surface area contributed by atoms with Gasteiger partial charge in [-0.1, -0.05) is 18.2 Å². The zero-order valence-electron chi connectivity index (χ0n) is 25.7. The van der Waals surface area contributed by atoms with Gasteiger partial charge in [0.1, 0.15) is 12.1 Å². The average molecular weight is 657 g/mol. The number of hydrogen-bond donors (Lipinski definition) is 5. The van der Waals surface area contributed by atoms with Crippen LogP contribution in [0.15, 0.2) is 60.8 Å². The van der Waals surface area contributed by atoms with Crippen LogP contribution in [0.3, 0.4) is 0 Å². The molecule has 15 heteroatoms. The molecule has 1 fully saturated rings. The van der Waals surface area contributed by atoms with E-state index in [0.717, 1.165) is 17.5 Å². The minimum atomic E-state index is -4.54. The zero-order valence-corrected chi connectivity index (χ0v) is 25.7. The Balaban J connectivity index is 1.50. The van der Waals surface area contributed by atoms with E-state index in [-0.39, 0.29) is 57.9 Å². The number of hydrogen-bond acceptors (Lipinski definition) is 8. The number of alkyl halides is 3. The molecule has 2 aromatic carbocycles. The summed E-state index contributed by atoms with van der Waals surface area (Å²) in [6.45, 7) is 1.15. The summed E-state index contributed by atoms with van der Waals surface area (Å²) < 4.78 is 39.4. The van der Waals surface area contributed by atoms with Crippen molar-refractivity contribution in [3.8, 4) is 0 Å². The van der Waals surface area contributed by atoms with Crippen molar-refractivity contribution in [1.29, 1.82) is 0 Å². The van der Waals surface area contributed by atoms with E-state index in [1.54, 1.807) is 30.5 Å². The van der Waals surface area contributed by atoms with Crippen molar-refractivity contribution in [2.75, 3.05) is 38.0 Å². The van der Waals surface area contributed by atoms with Crippen LogP contribution in [-0.4, -0.2) is 89.3 Å². The quantitative estimate of drug-likeness (QED) is 0.182. The van der Waals surface area contributed by atoms with Crippen LogP contribution in [0.4, 0.5) is 18.9 Å². The number of nitrogens with zero attached hydrogens (tertiary/aromatic N) is 3. The van der Waals surface area contributed by atoms with Crippen LogP contribution in [0.2, 0.25) is 0 Å². The first kappa shape index (κ1) is 35.3. The van der Waals surface area contributed by atoms with Gasteiger partial charge in [-0.2, -0.15) is 13.2 Å². The number of benzene rings is 2. The number of aromatic nitrogens is 1. The fourth-order valence-corrected chi connectivity index (χ4v) is 5.52. The molecular formula is C32H39F3N8O4. The fraction of sp³-hybridized carbons (Fsp3) is 0.406. The number of pyridine rings is 1. The number of halogens is 3. The second-order valence-corrected chi connectivity index (χ2v) is 11.3. The van der Waals surface area contributed by atoms with E-state index < -0.39 is 47.6 Å². The van der Waals surface area contributed by atoms with E-state index in [0.29, 0.717) is 23.2 Å². The Morgan fingerprint density at radius 2 is 1.72 bits per heavy atom. The van der Waals surface area contributed by atoms with Crippen molar-refractivity contribution >= 4 is 40.2 Å². The lowest BCUT2D eigenvalue weighted by Gasteiger charge is -2.29. The third-order valence-electron chi connectivity index (χ3n) is 7.93. The minimum absolute atomic E-state index is 0.127. The second-order valence-electron chi connectivity index (χ2n) is 11.3. The van der Waals surface area contributed by atoms with Gasteiger partial charge in [-0.15, -0.1) is 0 Å². The molecule has 1 aromatic heterocycles. The Bertz CT molecular complexity index is 1560. The maximum Gasteiger partial charge on any atom is 0.416 e. The van der Waals surface area contributed by atoms with Crippen molar-refractivity contribution < 1.29 is 32.3 Å². The number of nitrogens with one attached hydrogen (secondary N) is 2. The summed E-state index contributed by atoms with van der Waals surface area (Å²) in [5, 5.41) is 6.23. The molecule has 252 valence electrons. The summed E-state index contributed by atoms with van der Waals surface area (Å²) in [5.74, 6) is -2.22. The molecule has 0 radical (unpaired) electrons. The van der Waals surface area contributed by atoms with Crippen LogP contribution >= 0.6 is 0 Å². The molecule has 4 amide bonds. The SMILES string of the molecule is NCCN(CCN)C(=O)C[C@H](N)C(=O)N1CCC[C@H]1C(=O)N[C@@H](Cc1ccc(C(F)(F)F)cc1)C(=O)Nc1ccc2ncccc2c1. The number of carbonyl (C=O) groups is 4. The number of amides is 4. The molecule has 0 aliphatic carbocycles. The monoisotopic (exact) mass is 656 g/mol.